The molecule has 0 heterocycles. The summed E-state index contributed by atoms with van der Waals surface area (Å²) in [4.78, 5) is 13.9. The second-order valence-electron chi connectivity index (χ2n) is 6.40. The number of hydrogen-bond acceptors (Lipinski definition) is 1. The first kappa shape index (κ1) is 16.9. The second-order valence-corrected chi connectivity index (χ2v) is 6.40. The van der Waals surface area contributed by atoms with Crippen LogP contribution >= 0.6 is 0 Å². The summed E-state index contributed by atoms with van der Waals surface area (Å²) >= 11 is 0. The van der Waals surface area contributed by atoms with Gasteiger partial charge >= 0.3 is 0 Å². The van der Waals surface area contributed by atoms with E-state index in [1.54, 1.807) is 11.9 Å². The average molecular weight is 309 g/mol. The molecule has 1 unspecified atom stereocenters. The van der Waals surface area contributed by atoms with Crippen LogP contribution in [0.5, 0.6) is 0 Å². The van der Waals surface area contributed by atoms with Crippen LogP contribution in [0.2, 0.25) is 0 Å². The number of carbonyl (C=O) groups excluding carboxylic acids is 1. The van der Waals surface area contributed by atoms with Crippen LogP contribution in [0.1, 0.15) is 63.5 Å². The van der Waals surface area contributed by atoms with Gasteiger partial charge < -0.3 is 4.90 Å². The number of nitrogens with zero attached hydrogens (tertiary/aromatic N) is 1. The normalized spacial score (nSPS) is 17.3. The molecule has 4 heteroatoms. The standard InChI is InChI=1S/C18H25F2NO/c1-13(15-9-10-16(19)17(20)12-15)21(2)18(22)11-8-14-6-4-3-5-7-14/h9-10,12-14H,3-8,11H2,1-2H3. The predicted molar refractivity (Wildman–Crippen MR) is 83.4 cm³/mol. The van der Waals surface area contributed by atoms with E-state index < -0.39 is 11.6 Å². The van der Waals surface area contributed by atoms with Crippen LogP contribution in [0.25, 0.3) is 0 Å². The van der Waals surface area contributed by atoms with Crippen molar-refractivity contribution in [3.8, 4) is 0 Å². The van der Waals surface area contributed by atoms with Crippen molar-refractivity contribution in [2.75, 3.05) is 7.05 Å². The maximum atomic E-state index is 13.3. The highest BCUT2D eigenvalue weighted by Gasteiger charge is 2.20. The summed E-state index contributed by atoms with van der Waals surface area (Å²) in [6.07, 6.45) is 7.81. The second kappa shape index (κ2) is 7.70. The molecule has 0 bridgehead atoms. The molecule has 1 amide bonds. The molecule has 122 valence electrons. The fraction of sp³-hybridized carbons (Fsp3) is 0.611. The lowest BCUT2D eigenvalue weighted by atomic mass is 9.86. The zero-order valence-electron chi connectivity index (χ0n) is 13.4. The summed E-state index contributed by atoms with van der Waals surface area (Å²) in [5, 5.41) is 0. The highest BCUT2D eigenvalue weighted by molar-refractivity contribution is 5.76. The Balaban J connectivity index is 1.89. The maximum absolute atomic E-state index is 13.3. The maximum Gasteiger partial charge on any atom is 0.222 e. The molecule has 2 nitrogen and oxygen atoms in total. The fourth-order valence-corrected chi connectivity index (χ4v) is 3.19. The van der Waals surface area contributed by atoms with Crippen LogP contribution in [0, 0.1) is 17.6 Å². The van der Waals surface area contributed by atoms with Gasteiger partial charge in [-0.1, -0.05) is 38.2 Å². The number of carbonyl (C=O) groups is 1. The van der Waals surface area contributed by atoms with Gasteiger partial charge in [-0.3, -0.25) is 4.79 Å². The minimum Gasteiger partial charge on any atom is -0.339 e. The van der Waals surface area contributed by atoms with Gasteiger partial charge in [0.15, 0.2) is 11.6 Å². The van der Waals surface area contributed by atoms with Crippen molar-refractivity contribution in [2.24, 2.45) is 5.92 Å². The fourth-order valence-electron chi connectivity index (χ4n) is 3.19. The Bertz CT molecular complexity index is 512. The van der Waals surface area contributed by atoms with Gasteiger partial charge in [-0.05, 0) is 37.0 Å². The van der Waals surface area contributed by atoms with E-state index >= 15 is 0 Å². The number of amides is 1. The van der Waals surface area contributed by atoms with Gasteiger partial charge in [-0.25, -0.2) is 8.78 Å². The summed E-state index contributed by atoms with van der Waals surface area (Å²) in [6, 6.07) is 3.56. The van der Waals surface area contributed by atoms with E-state index in [9.17, 15) is 13.6 Å². The van der Waals surface area contributed by atoms with Crippen molar-refractivity contribution in [1.82, 2.24) is 4.90 Å². The molecular formula is C18H25F2NO. The van der Waals surface area contributed by atoms with Crippen molar-refractivity contribution in [3.05, 3.63) is 35.4 Å². The van der Waals surface area contributed by atoms with Crippen LogP contribution in [-0.4, -0.2) is 17.9 Å². The highest BCUT2D eigenvalue weighted by Crippen LogP contribution is 2.28. The van der Waals surface area contributed by atoms with Gasteiger partial charge in [-0.2, -0.15) is 0 Å². The Hall–Kier alpha value is -1.45. The molecule has 1 aromatic carbocycles. The van der Waals surface area contributed by atoms with Crippen LogP contribution in [0.3, 0.4) is 0 Å². The predicted octanol–water partition coefficient (Wildman–Crippen LogP) is 4.84. The third kappa shape index (κ3) is 4.28. The Labute approximate surface area is 131 Å². The minimum absolute atomic E-state index is 0.0720. The Morgan fingerprint density at radius 2 is 1.91 bits per heavy atom. The lowest BCUT2D eigenvalue weighted by molar-refractivity contribution is -0.132. The zero-order chi connectivity index (χ0) is 16.1. The summed E-state index contributed by atoms with van der Waals surface area (Å²) < 4.78 is 26.3. The molecule has 0 spiro atoms. The van der Waals surface area contributed by atoms with E-state index in [1.165, 1.54) is 44.2 Å². The summed E-state index contributed by atoms with van der Waals surface area (Å²) in [5.74, 6) is -0.984. The van der Waals surface area contributed by atoms with Gasteiger partial charge in [0.1, 0.15) is 0 Å². The monoisotopic (exact) mass is 309 g/mol. The lowest BCUT2D eigenvalue weighted by Gasteiger charge is -2.27. The van der Waals surface area contributed by atoms with Gasteiger partial charge in [0.2, 0.25) is 5.91 Å². The van der Waals surface area contributed by atoms with Crippen molar-refractivity contribution >= 4 is 5.91 Å². The summed E-state index contributed by atoms with van der Waals surface area (Å²) in [6.45, 7) is 1.84. The van der Waals surface area contributed by atoms with Crippen LogP contribution in [-0.2, 0) is 4.79 Å². The molecule has 2 rings (SSSR count). The van der Waals surface area contributed by atoms with Crippen molar-refractivity contribution in [2.45, 2.75) is 57.9 Å². The summed E-state index contributed by atoms with van der Waals surface area (Å²) in [5.41, 5.74) is 0.618. The molecule has 1 saturated carbocycles. The molecule has 1 aliphatic rings. The van der Waals surface area contributed by atoms with E-state index in [-0.39, 0.29) is 11.9 Å². The first-order chi connectivity index (χ1) is 10.5. The topological polar surface area (TPSA) is 20.3 Å². The smallest absolute Gasteiger partial charge is 0.222 e. The molecule has 1 fully saturated rings. The van der Waals surface area contributed by atoms with Gasteiger partial charge in [-0.15, -0.1) is 0 Å². The number of benzene rings is 1. The van der Waals surface area contributed by atoms with Crippen LogP contribution in [0.4, 0.5) is 8.78 Å². The average Bonchev–Trinajstić information content (AvgIpc) is 2.54. The molecule has 1 atom stereocenters. The molecule has 0 aliphatic heterocycles. The Morgan fingerprint density at radius 1 is 1.23 bits per heavy atom. The van der Waals surface area contributed by atoms with Gasteiger partial charge in [0.25, 0.3) is 0 Å². The van der Waals surface area contributed by atoms with Gasteiger partial charge in [0.05, 0.1) is 6.04 Å². The molecular weight excluding hydrogens is 284 g/mol. The van der Waals surface area contributed by atoms with Crippen molar-refractivity contribution < 1.29 is 13.6 Å². The summed E-state index contributed by atoms with van der Waals surface area (Å²) in [7, 11) is 1.73. The molecule has 22 heavy (non-hydrogen) atoms. The molecule has 0 aromatic heterocycles. The van der Waals surface area contributed by atoms with Gasteiger partial charge in [0, 0.05) is 13.5 Å². The third-order valence-electron chi connectivity index (χ3n) is 4.89. The Kier molecular flexibility index (Phi) is 5.92. The van der Waals surface area contributed by atoms with E-state index in [1.807, 2.05) is 6.92 Å². The zero-order valence-corrected chi connectivity index (χ0v) is 13.4. The van der Waals surface area contributed by atoms with Crippen molar-refractivity contribution in [3.63, 3.8) is 0 Å². The van der Waals surface area contributed by atoms with E-state index in [0.29, 0.717) is 17.9 Å². The first-order valence-corrected chi connectivity index (χ1v) is 8.19. The number of hydrogen-bond donors (Lipinski definition) is 0. The Morgan fingerprint density at radius 3 is 2.55 bits per heavy atom. The largest absolute Gasteiger partial charge is 0.339 e. The van der Waals surface area contributed by atoms with E-state index in [0.717, 1.165) is 12.5 Å². The molecule has 1 aromatic rings. The van der Waals surface area contributed by atoms with Crippen LogP contribution < -0.4 is 0 Å². The lowest BCUT2D eigenvalue weighted by Crippen LogP contribution is -2.30. The molecule has 0 radical (unpaired) electrons. The van der Waals surface area contributed by atoms with Crippen LogP contribution in [0.15, 0.2) is 18.2 Å². The molecule has 1 aliphatic carbocycles. The highest BCUT2D eigenvalue weighted by atomic mass is 19.2. The number of halogens is 2. The van der Waals surface area contributed by atoms with E-state index in [4.69, 9.17) is 0 Å². The van der Waals surface area contributed by atoms with E-state index in [2.05, 4.69) is 0 Å². The first-order valence-electron chi connectivity index (χ1n) is 8.19. The molecule has 0 N–H and O–H groups in total. The third-order valence-corrected chi connectivity index (χ3v) is 4.89. The number of rotatable bonds is 5. The SMILES string of the molecule is CC(c1ccc(F)c(F)c1)N(C)C(=O)CCC1CCCCC1. The molecule has 0 saturated heterocycles. The quantitative estimate of drug-likeness (QED) is 0.762. The van der Waals surface area contributed by atoms with Crippen molar-refractivity contribution in [1.29, 1.82) is 0 Å². The minimum atomic E-state index is -0.868.